The van der Waals surface area contributed by atoms with E-state index in [4.69, 9.17) is 0 Å². The van der Waals surface area contributed by atoms with Crippen LogP contribution in [-0.4, -0.2) is 18.6 Å². The minimum Gasteiger partial charge on any atom is -0.352 e. The number of rotatable bonds is 6. The van der Waals surface area contributed by atoms with Crippen molar-refractivity contribution in [3.8, 4) is 0 Å². The van der Waals surface area contributed by atoms with Crippen LogP contribution in [0.4, 0.5) is 13.2 Å². The molecule has 0 saturated heterocycles. The summed E-state index contributed by atoms with van der Waals surface area (Å²) in [6, 6.07) is 7.05. The summed E-state index contributed by atoms with van der Waals surface area (Å²) in [6.07, 6.45) is -4.56. The zero-order chi connectivity index (χ0) is 14.3. The third kappa shape index (κ3) is 6.61. The Morgan fingerprint density at radius 2 is 1.79 bits per heavy atom. The molecule has 1 aromatic rings. The van der Waals surface area contributed by atoms with Gasteiger partial charge in [0.05, 0.1) is 0 Å². The lowest BCUT2D eigenvalue weighted by Gasteiger charge is -2.07. The fraction of sp³-hybridized carbons (Fsp3) is 0.462. The molecule has 0 aliphatic heterocycles. The first-order chi connectivity index (χ1) is 8.92. The summed E-state index contributed by atoms with van der Waals surface area (Å²) < 4.78 is 35.7. The molecule has 0 bridgehead atoms. The maximum Gasteiger partial charge on any atom is 0.389 e. The van der Waals surface area contributed by atoms with E-state index in [0.717, 1.165) is 5.56 Å². The third-order valence-corrected chi connectivity index (χ3v) is 3.19. The van der Waals surface area contributed by atoms with E-state index in [1.807, 2.05) is 12.1 Å². The Kier molecular flexibility index (Phi) is 6.34. The second-order valence-corrected chi connectivity index (χ2v) is 4.72. The molecule has 0 heterocycles. The van der Waals surface area contributed by atoms with Gasteiger partial charge in [0, 0.05) is 23.9 Å². The highest BCUT2D eigenvalue weighted by atomic mass is 79.9. The average molecular weight is 338 g/mol. The number of alkyl halides is 4. The maximum atomic E-state index is 11.9. The first-order valence-corrected chi connectivity index (χ1v) is 7.04. The van der Waals surface area contributed by atoms with Gasteiger partial charge in [0.1, 0.15) is 0 Å². The van der Waals surface area contributed by atoms with Gasteiger partial charge in [0.2, 0.25) is 0 Å². The van der Waals surface area contributed by atoms with Crippen molar-refractivity contribution in [1.82, 2.24) is 5.32 Å². The minimum atomic E-state index is -4.12. The molecule has 0 aliphatic carbocycles. The number of amides is 1. The number of benzene rings is 1. The fourth-order valence-electron chi connectivity index (χ4n) is 1.50. The van der Waals surface area contributed by atoms with Gasteiger partial charge in [0.15, 0.2) is 0 Å². The molecule has 0 unspecified atom stereocenters. The van der Waals surface area contributed by atoms with Gasteiger partial charge in [-0.3, -0.25) is 4.79 Å². The number of hydrogen-bond acceptors (Lipinski definition) is 1. The summed E-state index contributed by atoms with van der Waals surface area (Å²) in [5.41, 5.74) is 1.57. The Hall–Kier alpha value is -1.04. The monoisotopic (exact) mass is 337 g/mol. The topological polar surface area (TPSA) is 29.1 Å². The van der Waals surface area contributed by atoms with Crippen LogP contribution in [0.2, 0.25) is 0 Å². The van der Waals surface area contributed by atoms with E-state index in [2.05, 4.69) is 21.2 Å². The summed E-state index contributed by atoms with van der Waals surface area (Å²) in [7, 11) is 0. The lowest BCUT2D eigenvalue weighted by atomic mass is 10.1. The highest BCUT2D eigenvalue weighted by molar-refractivity contribution is 9.08. The zero-order valence-corrected chi connectivity index (χ0v) is 11.9. The molecule has 2 nitrogen and oxygen atoms in total. The SMILES string of the molecule is O=C(NCCCCC(F)(F)F)c1ccc(CBr)cc1. The van der Waals surface area contributed by atoms with Crippen LogP contribution in [0.3, 0.4) is 0 Å². The number of carbonyl (C=O) groups is 1. The molecule has 1 N–H and O–H groups in total. The molecular weight excluding hydrogens is 323 g/mol. The van der Waals surface area contributed by atoms with Gasteiger partial charge in [-0.25, -0.2) is 0 Å². The van der Waals surface area contributed by atoms with E-state index in [-0.39, 0.29) is 18.9 Å². The van der Waals surface area contributed by atoms with Crippen LogP contribution in [0, 0.1) is 0 Å². The van der Waals surface area contributed by atoms with Gasteiger partial charge in [0.25, 0.3) is 5.91 Å². The van der Waals surface area contributed by atoms with Crippen molar-refractivity contribution < 1.29 is 18.0 Å². The normalized spacial score (nSPS) is 11.4. The smallest absolute Gasteiger partial charge is 0.352 e. The number of hydrogen-bond donors (Lipinski definition) is 1. The standard InChI is InChI=1S/C13H15BrF3NO/c14-9-10-3-5-11(6-4-10)12(19)18-8-2-1-7-13(15,16)17/h3-6H,1-2,7-9H2,(H,18,19). The van der Waals surface area contributed by atoms with Crippen LogP contribution in [0.15, 0.2) is 24.3 Å². The molecule has 0 aromatic heterocycles. The van der Waals surface area contributed by atoms with E-state index in [1.165, 1.54) is 0 Å². The van der Waals surface area contributed by atoms with Crippen LogP contribution >= 0.6 is 15.9 Å². The van der Waals surface area contributed by atoms with Crippen LogP contribution in [0.25, 0.3) is 0 Å². The molecule has 0 atom stereocenters. The molecule has 0 aliphatic rings. The molecule has 1 rings (SSSR count). The largest absolute Gasteiger partial charge is 0.389 e. The lowest BCUT2D eigenvalue weighted by molar-refractivity contribution is -0.135. The van der Waals surface area contributed by atoms with Crippen molar-refractivity contribution in [2.24, 2.45) is 0 Å². The molecule has 0 saturated carbocycles. The van der Waals surface area contributed by atoms with Crippen LogP contribution in [-0.2, 0) is 5.33 Å². The number of carbonyl (C=O) groups excluding carboxylic acids is 1. The van der Waals surface area contributed by atoms with Gasteiger partial charge in [-0.15, -0.1) is 0 Å². The zero-order valence-electron chi connectivity index (χ0n) is 10.3. The van der Waals surface area contributed by atoms with Crippen molar-refractivity contribution in [2.75, 3.05) is 6.54 Å². The molecular formula is C13H15BrF3NO. The van der Waals surface area contributed by atoms with E-state index in [1.54, 1.807) is 12.1 Å². The predicted molar refractivity (Wildman–Crippen MR) is 71.3 cm³/mol. The molecule has 0 radical (unpaired) electrons. The lowest BCUT2D eigenvalue weighted by Crippen LogP contribution is -2.24. The summed E-state index contributed by atoms with van der Waals surface area (Å²) in [4.78, 5) is 11.7. The Labute approximate surface area is 118 Å². The molecule has 6 heteroatoms. The molecule has 1 amide bonds. The summed E-state index contributed by atoms with van der Waals surface area (Å²) in [6.45, 7) is 0.259. The summed E-state index contributed by atoms with van der Waals surface area (Å²) >= 11 is 3.30. The second-order valence-electron chi connectivity index (χ2n) is 4.16. The Morgan fingerprint density at radius 3 is 2.32 bits per heavy atom. The Morgan fingerprint density at radius 1 is 1.16 bits per heavy atom. The first kappa shape index (κ1) is 16.0. The quantitative estimate of drug-likeness (QED) is 0.616. The molecule has 0 spiro atoms. The van der Waals surface area contributed by atoms with Gasteiger partial charge < -0.3 is 5.32 Å². The maximum absolute atomic E-state index is 11.9. The summed E-state index contributed by atoms with van der Waals surface area (Å²) in [5.74, 6) is -0.256. The Balaban J connectivity index is 2.27. The van der Waals surface area contributed by atoms with E-state index < -0.39 is 12.6 Å². The third-order valence-electron chi connectivity index (χ3n) is 2.54. The molecule has 106 valence electrons. The van der Waals surface area contributed by atoms with Crippen molar-refractivity contribution in [2.45, 2.75) is 30.8 Å². The van der Waals surface area contributed by atoms with Crippen molar-refractivity contribution in [3.05, 3.63) is 35.4 Å². The van der Waals surface area contributed by atoms with Gasteiger partial charge in [-0.1, -0.05) is 28.1 Å². The van der Waals surface area contributed by atoms with Crippen molar-refractivity contribution in [3.63, 3.8) is 0 Å². The fourth-order valence-corrected chi connectivity index (χ4v) is 1.87. The van der Waals surface area contributed by atoms with Crippen molar-refractivity contribution in [1.29, 1.82) is 0 Å². The van der Waals surface area contributed by atoms with Gasteiger partial charge in [-0.2, -0.15) is 13.2 Å². The predicted octanol–water partition coefficient (Wildman–Crippen LogP) is 4.04. The Bertz CT molecular complexity index is 403. The summed E-state index contributed by atoms with van der Waals surface area (Å²) in [5, 5.41) is 3.32. The van der Waals surface area contributed by atoms with Crippen LogP contribution in [0.5, 0.6) is 0 Å². The second kappa shape index (κ2) is 7.53. The highest BCUT2D eigenvalue weighted by Crippen LogP contribution is 2.21. The van der Waals surface area contributed by atoms with E-state index in [0.29, 0.717) is 17.3 Å². The first-order valence-electron chi connectivity index (χ1n) is 5.92. The minimum absolute atomic E-state index is 0.0340. The van der Waals surface area contributed by atoms with Crippen LogP contribution in [0.1, 0.15) is 35.2 Å². The average Bonchev–Trinajstić information content (AvgIpc) is 2.37. The highest BCUT2D eigenvalue weighted by Gasteiger charge is 2.25. The van der Waals surface area contributed by atoms with Gasteiger partial charge >= 0.3 is 6.18 Å². The van der Waals surface area contributed by atoms with Gasteiger partial charge in [-0.05, 0) is 30.5 Å². The van der Waals surface area contributed by atoms with E-state index >= 15 is 0 Å². The number of halogens is 4. The molecule has 0 fully saturated rings. The number of unbranched alkanes of at least 4 members (excludes halogenated alkanes) is 1. The van der Waals surface area contributed by atoms with Crippen LogP contribution < -0.4 is 5.32 Å². The molecule has 1 aromatic carbocycles. The van der Waals surface area contributed by atoms with E-state index in [9.17, 15) is 18.0 Å². The number of nitrogens with one attached hydrogen (secondary N) is 1. The molecule has 19 heavy (non-hydrogen) atoms. The van der Waals surface area contributed by atoms with Crippen molar-refractivity contribution >= 4 is 21.8 Å².